The highest BCUT2D eigenvalue weighted by atomic mass is 32.1. The standard InChI is InChI=1S/C24H28N2OS/c1-4-24(2,3)19-10-11-21-18(14-19)15-22(17-8-6-5-7-9-17)26(21)23-25-20(12-13-27)16-28-23/h5-9,13,15-16,19H,4,10-12,14H2,1-3H3. The molecule has 3 aromatic rings. The fourth-order valence-corrected chi connectivity index (χ4v) is 5.18. The summed E-state index contributed by atoms with van der Waals surface area (Å²) in [7, 11) is 0. The predicted octanol–water partition coefficient (Wildman–Crippen LogP) is 5.88. The number of rotatable bonds is 6. The van der Waals surface area contributed by atoms with Gasteiger partial charge >= 0.3 is 0 Å². The molecule has 1 atom stereocenters. The number of hydrogen-bond donors (Lipinski definition) is 0. The molecule has 0 bridgehead atoms. The Kier molecular flexibility index (Phi) is 5.24. The van der Waals surface area contributed by atoms with Crippen LogP contribution in [0.25, 0.3) is 16.4 Å². The molecule has 0 spiro atoms. The smallest absolute Gasteiger partial charge is 0.194 e. The van der Waals surface area contributed by atoms with Gasteiger partial charge in [0, 0.05) is 17.5 Å². The summed E-state index contributed by atoms with van der Waals surface area (Å²) in [5.74, 6) is 0.714. The monoisotopic (exact) mass is 392 g/mol. The summed E-state index contributed by atoms with van der Waals surface area (Å²) in [4.78, 5) is 15.7. The fourth-order valence-electron chi connectivity index (χ4n) is 4.30. The van der Waals surface area contributed by atoms with E-state index in [1.54, 1.807) is 11.3 Å². The first-order valence-corrected chi connectivity index (χ1v) is 11.1. The van der Waals surface area contributed by atoms with Crippen LogP contribution < -0.4 is 0 Å². The number of aldehydes is 1. The van der Waals surface area contributed by atoms with Crippen molar-refractivity contribution < 1.29 is 4.79 Å². The molecule has 4 heteroatoms. The highest BCUT2D eigenvalue weighted by Gasteiger charge is 2.33. The number of thiazole rings is 1. The number of carbonyl (C=O) groups excluding carboxylic acids is 1. The van der Waals surface area contributed by atoms with E-state index < -0.39 is 0 Å². The minimum absolute atomic E-state index is 0.366. The van der Waals surface area contributed by atoms with Gasteiger partial charge in [-0.2, -0.15) is 0 Å². The van der Waals surface area contributed by atoms with Crippen LogP contribution in [-0.4, -0.2) is 15.8 Å². The Labute approximate surface area is 171 Å². The number of benzene rings is 1. The molecule has 0 saturated heterocycles. The number of nitrogens with zero attached hydrogens (tertiary/aromatic N) is 2. The van der Waals surface area contributed by atoms with Gasteiger partial charge in [0.15, 0.2) is 5.13 Å². The third-order valence-corrected chi connectivity index (χ3v) is 7.37. The predicted molar refractivity (Wildman–Crippen MR) is 116 cm³/mol. The second kappa shape index (κ2) is 7.67. The maximum Gasteiger partial charge on any atom is 0.194 e. The lowest BCUT2D eigenvalue weighted by atomic mass is 9.69. The normalized spacial score (nSPS) is 16.8. The molecule has 0 amide bonds. The van der Waals surface area contributed by atoms with Gasteiger partial charge in [0.1, 0.15) is 6.29 Å². The summed E-state index contributed by atoms with van der Waals surface area (Å²) in [6, 6.07) is 13.0. The van der Waals surface area contributed by atoms with E-state index in [1.807, 2.05) is 5.38 Å². The summed E-state index contributed by atoms with van der Waals surface area (Å²) in [5, 5.41) is 2.99. The second-order valence-corrected chi connectivity index (χ2v) is 9.31. The third-order valence-electron chi connectivity index (χ3n) is 6.50. The number of aromatic nitrogens is 2. The SMILES string of the molecule is CCC(C)(C)C1CCc2c(cc(-c3ccccc3)n2-c2nc(CC=O)cs2)C1. The number of carbonyl (C=O) groups is 1. The Hall–Kier alpha value is -2.20. The topological polar surface area (TPSA) is 34.9 Å². The maximum atomic E-state index is 10.9. The molecule has 0 fully saturated rings. The first-order chi connectivity index (χ1) is 13.5. The van der Waals surface area contributed by atoms with Gasteiger partial charge < -0.3 is 4.79 Å². The summed E-state index contributed by atoms with van der Waals surface area (Å²) in [6.07, 6.45) is 5.96. The lowest BCUT2D eigenvalue weighted by molar-refractivity contribution is -0.107. The molecule has 0 aliphatic heterocycles. The van der Waals surface area contributed by atoms with E-state index in [-0.39, 0.29) is 0 Å². The van der Waals surface area contributed by atoms with Crippen molar-refractivity contribution in [3.8, 4) is 16.4 Å². The molecular formula is C24H28N2OS. The van der Waals surface area contributed by atoms with Crippen molar-refractivity contribution in [2.75, 3.05) is 0 Å². The van der Waals surface area contributed by atoms with Crippen LogP contribution in [0.15, 0.2) is 41.8 Å². The lowest BCUT2D eigenvalue weighted by Gasteiger charge is -2.36. The van der Waals surface area contributed by atoms with Gasteiger partial charge in [-0.3, -0.25) is 4.57 Å². The maximum absolute atomic E-state index is 10.9. The van der Waals surface area contributed by atoms with Crippen molar-refractivity contribution in [3.63, 3.8) is 0 Å². The summed E-state index contributed by atoms with van der Waals surface area (Å²) >= 11 is 1.63. The fraction of sp³-hybridized carbons (Fsp3) is 0.417. The zero-order valence-electron chi connectivity index (χ0n) is 16.9. The Balaban J connectivity index is 1.81. The molecule has 146 valence electrons. The molecule has 4 rings (SSSR count). The van der Waals surface area contributed by atoms with E-state index in [4.69, 9.17) is 4.98 Å². The Morgan fingerprint density at radius 1 is 1.29 bits per heavy atom. The Bertz CT molecular complexity index is 968. The highest BCUT2D eigenvalue weighted by molar-refractivity contribution is 7.12. The molecular weight excluding hydrogens is 364 g/mol. The molecule has 1 unspecified atom stereocenters. The van der Waals surface area contributed by atoms with E-state index in [2.05, 4.69) is 61.7 Å². The van der Waals surface area contributed by atoms with E-state index in [9.17, 15) is 4.79 Å². The van der Waals surface area contributed by atoms with Crippen molar-refractivity contribution in [1.82, 2.24) is 9.55 Å². The lowest BCUT2D eigenvalue weighted by Crippen LogP contribution is -2.29. The summed E-state index contributed by atoms with van der Waals surface area (Å²) in [5.41, 5.74) is 6.52. The van der Waals surface area contributed by atoms with Crippen LogP contribution in [0.1, 0.15) is 50.6 Å². The van der Waals surface area contributed by atoms with Crippen LogP contribution in [0.5, 0.6) is 0 Å². The zero-order chi connectivity index (χ0) is 19.7. The summed E-state index contributed by atoms with van der Waals surface area (Å²) < 4.78 is 2.35. The first-order valence-electron chi connectivity index (χ1n) is 10.2. The Morgan fingerprint density at radius 2 is 2.07 bits per heavy atom. The molecule has 1 aliphatic rings. The van der Waals surface area contributed by atoms with E-state index in [0.29, 0.717) is 17.8 Å². The van der Waals surface area contributed by atoms with Crippen molar-refractivity contribution >= 4 is 17.6 Å². The van der Waals surface area contributed by atoms with E-state index in [0.717, 1.165) is 30.0 Å². The van der Waals surface area contributed by atoms with Crippen LogP contribution in [0.2, 0.25) is 0 Å². The van der Waals surface area contributed by atoms with Crippen LogP contribution in [0.3, 0.4) is 0 Å². The first kappa shape index (κ1) is 19.1. The van der Waals surface area contributed by atoms with Crippen LogP contribution in [-0.2, 0) is 24.1 Å². The molecule has 2 heterocycles. The molecule has 28 heavy (non-hydrogen) atoms. The van der Waals surface area contributed by atoms with Crippen molar-refractivity contribution in [1.29, 1.82) is 0 Å². The van der Waals surface area contributed by atoms with Crippen LogP contribution in [0.4, 0.5) is 0 Å². The molecule has 0 saturated carbocycles. The van der Waals surface area contributed by atoms with Gasteiger partial charge in [-0.05, 0) is 47.8 Å². The zero-order valence-corrected chi connectivity index (χ0v) is 17.8. The second-order valence-electron chi connectivity index (χ2n) is 8.48. The average Bonchev–Trinajstić information content (AvgIpc) is 3.32. The number of fused-ring (bicyclic) bond motifs is 1. The molecule has 0 N–H and O–H groups in total. The van der Waals surface area contributed by atoms with Crippen LogP contribution in [0, 0.1) is 11.3 Å². The van der Waals surface area contributed by atoms with Gasteiger partial charge in [-0.15, -0.1) is 11.3 Å². The van der Waals surface area contributed by atoms with Gasteiger partial charge in [-0.1, -0.05) is 57.5 Å². The minimum Gasteiger partial charge on any atom is -0.303 e. The van der Waals surface area contributed by atoms with Crippen molar-refractivity contribution in [2.45, 2.75) is 52.9 Å². The van der Waals surface area contributed by atoms with Gasteiger partial charge in [0.2, 0.25) is 0 Å². The van der Waals surface area contributed by atoms with Crippen LogP contribution >= 0.6 is 11.3 Å². The molecule has 1 aliphatic carbocycles. The van der Waals surface area contributed by atoms with E-state index >= 15 is 0 Å². The Morgan fingerprint density at radius 3 is 2.79 bits per heavy atom. The van der Waals surface area contributed by atoms with E-state index in [1.165, 1.54) is 35.4 Å². The van der Waals surface area contributed by atoms with Gasteiger partial charge in [0.25, 0.3) is 0 Å². The highest BCUT2D eigenvalue weighted by Crippen LogP contribution is 2.43. The summed E-state index contributed by atoms with van der Waals surface area (Å²) in [6.45, 7) is 7.12. The largest absolute Gasteiger partial charge is 0.303 e. The van der Waals surface area contributed by atoms with Gasteiger partial charge in [-0.25, -0.2) is 4.98 Å². The third kappa shape index (κ3) is 3.46. The average molecular weight is 393 g/mol. The minimum atomic E-state index is 0.366. The number of hydrogen-bond acceptors (Lipinski definition) is 3. The van der Waals surface area contributed by atoms with Crippen molar-refractivity contribution in [2.24, 2.45) is 11.3 Å². The van der Waals surface area contributed by atoms with Crippen molar-refractivity contribution in [3.05, 3.63) is 58.7 Å². The van der Waals surface area contributed by atoms with Gasteiger partial charge in [0.05, 0.1) is 11.4 Å². The molecule has 0 radical (unpaired) electrons. The molecule has 2 aromatic heterocycles. The quantitative estimate of drug-likeness (QED) is 0.491. The molecule has 3 nitrogen and oxygen atoms in total. The molecule has 1 aromatic carbocycles.